The summed E-state index contributed by atoms with van der Waals surface area (Å²) in [7, 11) is 0. The Kier molecular flexibility index (Phi) is 11.8. The zero-order chi connectivity index (χ0) is 22.4. The highest BCUT2D eigenvalue weighted by molar-refractivity contribution is 5.31. The van der Waals surface area contributed by atoms with Crippen molar-refractivity contribution < 1.29 is 9.47 Å². The van der Waals surface area contributed by atoms with Gasteiger partial charge < -0.3 is 9.47 Å². The van der Waals surface area contributed by atoms with E-state index in [2.05, 4.69) is 38.1 Å². The maximum Gasteiger partial charge on any atom is 0.119 e. The third kappa shape index (κ3) is 9.75. The molecule has 0 heterocycles. The van der Waals surface area contributed by atoms with Crippen molar-refractivity contribution in [1.82, 2.24) is 0 Å². The number of unbranched alkanes of at least 4 members (excludes halogenated alkanes) is 4. The van der Waals surface area contributed by atoms with Gasteiger partial charge in [-0.15, -0.1) is 0 Å². The van der Waals surface area contributed by atoms with Crippen LogP contribution in [-0.2, 0) is 0 Å². The standard InChI is InChI=1S/C30H50O2/c1-3-4-5-6-7-9-26-15-17-28(18-16-26)24-32-30-21-19-29(20-22-30)31-23-8-10-27-13-11-25(2)12-14-27/h19-22,25-28H,3-18,23-24H2,1-2H3. The molecule has 3 rings (SSSR count). The smallest absolute Gasteiger partial charge is 0.119 e. The molecule has 0 atom stereocenters. The maximum atomic E-state index is 6.12. The highest BCUT2D eigenvalue weighted by Crippen LogP contribution is 2.33. The molecule has 0 radical (unpaired) electrons. The summed E-state index contributed by atoms with van der Waals surface area (Å²) < 4.78 is 12.1. The van der Waals surface area contributed by atoms with Crippen LogP contribution >= 0.6 is 0 Å². The summed E-state index contributed by atoms with van der Waals surface area (Å²) in [4.78, 5) is 0. The van der Waals surface area contributed by atoms with Gasteiger partial charge in [0.15, 0.2) is 0 Å². The summed E-state index contributed by atoms with van der Waals surface area (Å²) in [6, 6.07) is 8.32. The van der Waals surface area contributed by atoms with E-state index in [0.29, 0.717) is 0 Å². The highest BCUT2D eigenvalue weighted by Gasteiger charge is 2.21. The topological polar surface area (TPSA) is 18.5 Å². The van der Waals surface area contributed by atoms with Gasteiger partial charge in [0.1, 0.15) is 11.5 Å². The second kappa shape index (κ2) is 14.9. The molecule has 0 N–H and O–H groups in total. The van der Waals surface area contributed by atoms with Crippen molar-refractivity contribution in [3.8, 4) is 11.5 Å². The molecule has 0 aromatic heterocycles. The minimum absolute atomic E-state index is 0.741. The summed E-state index contributed by atoms with van der Waals surface area (Å²) in [5.74, 6) is 5.58. The second-order valence-corrected chi connectivity index (χ2v) is 11.0. The molecular formula is C30H50O2. The molecule has 2 nitrogen and oxygen atoms in total. The van der Waals surface area contributed by atoms with Gasteiger partial charge in [-0.05, 0) is 73.6 Å². The summed E-state index contributed by atoms with van der Waals surface area (Å²) >= 11 is 0. The molecule has 2 aliphatic rings. The summed E-state index contributed by atoms with van der Waals surface area (Å²) in [6.07, 6.45) is 22.3. The Labute approximate surface area is 198 Å². The van der Waals surface area contributed by atoms with Crippen molar-refractivity contribution >= 4 is 0 Å². The zero-order valence-electron chi connectivity index (χ0n) is 21.2. The molecule has 2 heteroatoms. The summed E-state index contributed by atoms with van der Waals surface area (Å²) in [5.41, 5.74) is 0. The van der Waals surface area contributed by atoms with E-state index in [1.165, 1.54) is 103 Å². The van der Waals surface area contributed by atoms with Crippen molar-refractivity contribution in [3.05, 3.63) is 24.3 Å². The van der Waals surface area contributed by atoms with Crippen LogP contribution in [0, 0.1) is 23.7 Å². The Morgan fingerprint density at radius 3 is 1.81 bits per heavy atom. The lowest BCUT2D eigenvalue weighted by atomic mass is 9.80. The normalized spacial score (nSPS) is 26.1. The Morgan fingerprint density at radius 2 is 1.16 bits per heavy atom. The molecule has 1 aromatic carbocycles. The van der Waals surface area contributed by atoms with Gasteiger partial charge in [0.25, 0.3) is 0 Å². The van der Waals surface area contributed by atoms with Gasteiger partial charge >= 0.3 is 0 Å². The SMILES string of the molecule is CCCCCCCC1CCC(COc2ccc(OCCCC3CCC(C)CC3)cc2)CC1. The summed E-state index contributed by atoms with van der Waals surface area (Å²) in [5, 5.41) is 0. The van der Waals surface area contributed by atoms with Gasteiger partial charge in [-0.2, -0.15) is 0 Å². The average molecular weight is 443 g/mol. The number of ether oxygens (including phenoxy) is 2. The quantitative estimate of drug-likeness (QED) is 0.267. The van der Waals surface area contributed by atoms with Gasteiger partial charge in [0.05, 0.1) is 13.2 Å². The van der Waals surface area contributed by atoms with Crippen LogP contribution in [0.25, 0.3) is 0 Å². The van der Waals surface area contributed by atoms with E-state index < -0.39 is 0 Å². The fourth-order valence-electron chi connectivity index (χ4n) is 5.75. The Balaban J connectivity index is 1.22. The fraction of sp³-hybridized carbons (Fsp3) is 0.800. The van der Waals surface area contributed by atoms with Crippen LogP contribution in [0.1, 0.15) is 117 Å². The first kappa shape index (κ1) is 25.4. The largest absolute Gasteiger partial charge is 0.494 e. The van der Waals surface area contributed by atoms with E-state index in [0.717, 1.165) is 48.4 Å². The number of hydrogen-bond donors (Lipinski definition) is 0. The van der Waals surface area contributed by atoms with Gasteiger partial charge in [-0.25, -0.2) is 0 Å². The van der Waals surface area contributed by atoms with Gasteiger partial charge in [-0.1, -0.05) is 90.9 Å². The van der Waals surface area contributed by atoms with Crippen LogP contribution in [0.4, 0.5) is 0 Å². The number of hydrogen-bond acceptors (Lipinski definition) is 2. The zero-order valence-corrected chi connectivity index (χ0v) is 21.2. The lowest BCUT2D eigenvalue weighted by Crippen LogP contribution is -2.20. The average Bonchev–Trinajstić information content (AvgIpc) is 2.83. The van der Waals surface area contributed by atoms with Gasteiger partial charge in [-0.3, -0.25) is 0 Å². The Bertz CT molecular complexity index is 579. The maximum absolute atomic E-state index is 6.12. The van der Waals surface area contributed by atoms with E-state index in [9.17, 15) is 0 Å². The van der Waals surface area contributed by atoms with Crippen molar-refractivity contribution in [2.24, 2.45) is 23.7 Å². The monoisotopic (exact) mass is 442 g/mol. The molecule has 0 amide bonds. The third-order valence-electron chi connectivity index (χ3n) is 8.15. The van der Waals surface area contributed by atoms with Crippen molar-refractivity contribution in [2.45, 2.75) is 117 Å². The highest BCUT2D eigenvalue weighted by atomic mass is 16.5. The van der Waals surface area contributed by atoms with E-state index in [1.54, 1.807) is 0 Å². The molecule has 0 bridgehead atoms. The van der Waals surface area contributed by atoms with Gasteiger partial charge in [0, 0.05) is 0 Å². The summed E-state index contributed by atoms with van der Waals surface area (Å²) in [6.45, 7) is 6.41. The van der Waals surface area contributed by atoms with E-state index >= 15 is 0 Å². The van der Waals surface area contributed by atoms with Crippen LogP contribution in [0.15, 0.2) is 24.3 Å². The number of rotatable bonds is 14. The van der Waals surface area contributed by atoms with Crippen LogP contribution in [0.2, 0.25) is 0 Å². The van der Waals surface area contributed by atoms with Crippen LogP contribution in [0.5, 0.6) is 11.5 Å². The molecular weight excluding hydrogens is 392 g/mol. The molecule has 0 saturated heterocycles. The first-order valence-electron chi connectivity index (χ1n) is 14.1. The molecule has 0 aliphatic heterocycles. The van der Waals surface area contributed by atoms with Crippen molar-refractivity contribution in [2.75, 3.05) is 13.2 Å². The minimum Gasteiger partial charge on any atom is -0.494 e. The third-order valence-corrected chi connectivity index (χ3v) is 8.15. The van der Waals surface area contributed by atoms with Crippen molar-refractivity contribution in [3.63, 3.8) is 0 Å². The minimum atomic E-state index is 0.741. The van der Waals surface area contributed by atoms with Crippen LogP contribution in [0.3, 0.4) is 0 Å². The molecule has 0 unspecified atom stereocenters. The second-order valence-electron chi connectivity index (χ2n) is 11.0. The first-order valence-corrected chi connectivity index (χ1v) is 14.1. The lowest BCUT2D eigenvalue weighted by Gasteiger charge is -2.28. The number of benzene rings is 1. The first-order chi connectivity index (χ1) is 15.7. The van der Waals surface area contributed by atoms with E-state index in [4.69, 9.17) is 9.47 Å². The van der Waals surface area contributed by atoms with Crippen LogP contribution in [-0.4, -0.2) is 13.2 Å². The Morgan fingerprint density at radius 1 is 0.625 bits per heavy atom. The molecule has 2 saturated carbocycles. The van der Waals surface area contributed by atoms with E-state index in [-0.39, 0.29) is 0 Å². The Hall–Kier alpha value is -1.18. The van der Waals surface area contributed by atoms with Crippen molar-refractivity contribution in [1.29, 1.82) is 0 Å². The molecule has 1 aromatic rings. The predicted octanol–water partition coefficient (Wildman–Crippen LogP) is 9.22. The van der Waals surface area contributed by atoms with Crippen LogP contribution < -0.4 is 9.47 Å². The molecule has 182 valence electrons. The molecule has 32 heavy (non-hydrogen) atoms. The molecule has 0 spiro atoms. The predicted molar refractivity (Wildman–Crippen MR) is 137 cm³/mol. The molecule has 2 fully saturated rings. The van der Waals surface area contributed by atoms with E-state index in [1.807, 2.05) is 0 Å². The lowest BCUT2D eigenvalue weighted by molar-refractivity contribution is 0.177. The fourth-order valence-corrected chi connectivity index (χ4v) is 5.75. The molecule has 2 aliphatic carbocycles. The van der Waals surface area contributed by atoms with Gasteiger partial charge in [0.2, 0.25) is 0 Å².